The highest BCUT2D eigenvalue weighted by Crippen LogP contribution is 2.22. The number of hydrogen-bond donors (Lipinski definition) is 1. The van der Waals surface area contributed by atoms with Crippen LogP contribution in [0.4, 0.5) is 19.5 Å². The number of carbonyl (C=O) groups excluding carboxylic acids is 1. The van der Waals surface area contributed by atoms with Crippen molar-refractivity contribution in [1.29, 1.82) is 0 Å². The van der Waals surface area contributed by atoms with Crippen LogP contribution in [-0.2, 0) is 17.8 Å². The first-order valence-corrected chi connectivity index (χ1v) is 10.1. The minimum Gasteiger partial charge on any atom is -0.450 e. The lowest BCUT2D eigenvalue weighted by molar-refractivity contribution is 0.143. The Balaban J connectivity index is 1.44. The molecule has 2 heterocycles. The number of aromatic nitrogens is 4. The lowest BCUT2D eigenvalue weighted by Crippen LogP contribution is -2.24. The number of nitrogens with zero attached hydrogens (tertiary/aromatic N) is 5. The minimum absolute atomic E-state index is 0.0738. The number of aryl methyl sites for hydroxylation is 2. The molecule has 0 aliphatic heterocycles. The number of ether oxygens (including phenoxy) is 1. The largest absolute Gasteiger partial charge is 0.450 e. The first-order chi connectivity index (χ1) is 14.8. The van der Waals surface area contributed by atoms with E-state index < -0.39 is 22.8 Å². The summed E-state index contributed by atoms with van der Waals surface area (Å²) in [5.74, 6) is -1.13. The molecule has 31 heavy (non-hydrogen) atoms. The molecule has 0 fully saturated rings. The van der Waals surface area contributed by atoms with E-state index in [4.69, 9.17) is 16.3 Å². The fourth-order valence-electron chi connectivity index (χ4n) is 2.90. The third-order valence-corrected chi connectivity index (χ3v) is 4.94. The molecular formula is C20H23ClF2N6O2. The smallest absolute Gasteiger partial charge is 0.407 e. The van der Waals surface area contributed by atoms with Crippen LogP contribution in [0.25, 0.3) is 11.2 Å². The van der Waals surface area contributed by atoms with Gasteiger partial charge in [0.1, 0.15) is 22.2 Å². The van der Waals surface area contributed by atoms with Crippen molar-refractivity contribution < 1.29 is 18.3 Å². The number of benzene rings is 1. The highest BCUT2D eigenvalue weighted by molar-refractivity contribution is 6.30. The Kier molecular flexibility index (Phi) is 7.21. The van der Waals surface area contributed by atoms with Crippen molar-refractivity contribution >= 4 is 34.8 Å². The van der Waals surface area contributed by atoms with Crippen LogP contribution in [0, 0.1) is 18.6 Å². The molecular weight excluding hydrogens is 430 g/mol. The molecule has 0 saturated carbocycles. The maximum absolute atomic E-state index is 13.8. The molecule has 1 N–H and O–H groups in total. The van der Waals surface area contributed by atoms with Gasteiger partial charge >= 0.3 is 6.09 Å². The van der Waals surface area contributed by atoms with Crippen molar-refractivity contribution in [2.45, 2.75) is 32.9 Å². The highest BCUT2D eigenvalue weighted by atomic mass is 35.5. The number of carbonyl (C=O) groups is 1. The summed E-state index contributed by atoms with van der Waals surface area (Å²) in [6, 6.07) is 2.26. The van der Waals surface area contributed by atoms with Crippen molar-refractivity contribution in [1.82, 2.24) is 24.8 Å². The van der Waals surface area contributed by atoms with Gasteiger partial charge in [0.25, 0.3) is 0 Å². The molecule has 166 valence electrons. The zero-order chi connectivity index (χ0) is 22.5. The van der Waals surface area contributed by atoms with Crippen LogP contribution in [0.1, 0.15) is 24.1 Å². The van der Waals surface area contributed by atoms with E-state index in [1.807, 2.05) is 30.5 Å². The van der Waals surface area contributed by atoms with Crippen LogP contribution in [-0.4, -0.2) is 46.3 Å². The maximum atomic E-state index is 13.8. The Hall–Kier alpha value is -3.01. The molecule has 0 atom stereocenters. The number of alkyl carbamates (subject to hydrolysis) is 1. The number of anilines is 1. The third kappa shape index (κ3) is 5.38. The van der Waals surface area contributed by atoms with Gasteiger partial charge in [-0.1, -0.05) is 17.7 Å². The van der Waals surface area contributed by atoms with E-state index in [2.05, 4.69) is 20.3 Å². The van der Waals surface area contributed by atoms with E-state index in [9.17, 15) is 13.6 Å². The summed E-state index contributed by atoms with van der Waals surface area (Å²) in [5.41, 5.74) is 2.40. The van der Waals surface area contributed by atoms with Crippen LogP contribution in [0.5, 0.6) is 0 Å². The van der Waals surface area contributed by atoms with Gasteiger partial charge in [0.05, 0.1) is 18.6 Å². The topological polar surface area (TPSA) is 85.2 Å². The van der Waals surface area contributed by atoms with E-state index in [-0.39, 0.29) is 18.7 Å². The van der Waals surface area contributed by atoms with Crippen LogP contribution < -0.4 is 10.2 Å². The van der Waals surface area contributed by atoms with Gasteiger partial charge in [0.15, 0.2) is 5.65 Å². The molecule has 3 rings (SSSR count). The Morgan fingerprint density at radius 3 is 2.77 bits per heavy atom. The van der Waals surface area contributed by atoms with Crippen LogP contribution in [0.2, 0.25) is 5.02 Å². The van der Waals surface area contributed by atoms with Gasteiger partial charge in [-0.25, -0.2) is 23.5 Å². The number of rotatable bonds is 8. The molecule has 0 unspecified atom stereocenters. The number of hydrogen-bond acceptors (Lipinski definition) is 6. The van der Waals surface area contributed by atoms with Crippen molar-refractivity contribution in [2.75, 3.05) is 25.6 Å². The number of fused-ring (bicyclic) bond motifs is 1. The summed E-state index contributed by atoms with van der Waals surface area (Å²) in [6.45, 7) is 2.59. The van der Waals surface area contributed by atoms with Gasteiger partial charge in [-0.3, -0.25) is 0 Å². The summed E-state index contributed by atoms with van der Waals surface area (Å²) in [6.07, 6.45) is 2.39. The summed E-state index contributed by atoms with van der Waals surface area (Å²) < 4.78 is 34.0. The Labute approximate surface area is 183 Å². The molecule has 0 aliphatic rings. The second kappa shape index (κ2) is 9.86. The average Bonchev–Trinajstić information content (AvgIpc) is 3.15. The fraction of sp³-hybridized carbons (Fsp3) is 0.400. The van der Waals surface area contributed by atoms with Crippen molar-refractivity contribution in [3.8, 4) is 0 Å². The quantitative estimate of drug-likeness (QED) is 0.413. The first-order valence-electron chi connectivity index (χ1n) is 9.67. The first kappa shape index (κ1) is 22.7. The predicted octanol–water partition coefficient (Wildman–Crippen LogP) is 3.84. The number of unbranched alkanes of at least 4 members (excludes halogenated alkanes) is 1. The molecule has 8 nitrogen and oxygen atoms in total. The SMILES string of the molecule is Cc1nc(N(C)C)nc2c1ncn2CCCCOC(=O)NCc1ccc(F)c(Cl)c1F. The molecule has 0 saturated heterocycles. The van der Waals surface area contributed by atoms with Gasteiger partial charge < -0.3 is 19.5 Å². The van der Waals surface area contributed by atoms with Crippen molar-refractivity contribution in [3.05, 3.63) is 46.4 Å². The van der Waals surface area contributed by atoms with Crippen molar-refractivity contribution in [3.63, 3.8) is 0 Å². The molecule has 2 aromatic heterocycles. The number of halogens is 3. The van der Waals surface area contributed by atoms with E-state index in [1.54, 1.807) is 6.33 Å². The molecule has 1 aromatic carbocycles. The van der Waals surface area contributed by atoms with Gasteiger partial charge in [-0.15, -0.1) is 0 Å². The van der Waals surface area contributed by atoms with Gasteiger partial charge in [-0.05, 0) is 25.8 Å². The van der Waals surface area contributed by atoms with Gasteiger partial charge in [0.2, 0.25) is 5.95 Å². The molecule has 1 amide bonds. The maximum Gasteiger partial charge on any atom is 0.407 e. The number of imidazole rings is 1. The number of nitrogens with one attached hydrogen (secondary N) is 1. The Morgan fingerprint density at radius 1 is 1.26 bits per heavy atom. The Morgan fingerprint density at radius 2 is 2.03 bits per heavy atom. The lowest BCUT2D eigenvalue weighted by atomic mass is 10.2. The zero-order valence-electron chi connectivity index (χ0n) is 17.5. The summed E-state index contributed by atoms with van der Waals surface area (Å²) in [7, 11) is 3.76. The highest BCUT2D eigenvalue weighted by Gasteiger charge is 2.13. The molecule has 0 aliphatic carbocycles. The molecule has 0 radical (unpaired) electrons. The third-order valence-electron chi connectivity index (χ3n) is 4.59. The summed E-state index contributed by atoms with van der Waals surface area (Å²) in [4.78, 5) is 27.0. The lowest BCUT2D eigenvalue weighted by Gasteiger charge is -2.11. The summed E-state index contributed by atoms with van der Waals surface area (Å²) >= 11 is 5.52. The van der Waals surface area contributed by atoms with E-state index in [1.165, 1.54) is 6.07 Å². The molecule has 11 heteroatoms. The average molecular weight is 453 g/mol. The zero-order valence-corrected chi connectivity index (χ0v) is 18.2. The minimum atomic E-state index is -0.897. The van der Waals surface area contributed by atoms with Gasteiger partial charge in [-0.2, -0.15) is 4.98 Å². The molecule has 0 bridgehead atoms. The van der Waals surface area contributed by atoms with Crippen LogP contribution >= 0.6 is 11.6 Å². The normalized spacial score (nSPS) is 11.0. The molecule has 3 aromatic rings. The monoisotopic (exact) mass is 452 g/mol. The predicted molar refractivity (Wildman–Crippen MR) is 113 cm³/mol. The second-order valence-corrected chi connectivity index (χ2v) is 7.52. The summed E-state index contributed by atoms with van der Waals surface area (Å²) in [5, 5.41) is 1.82. The van der Waals surface area contributed by atoms with Crippen molar-refractivity contribution in [2.24, 2.45) is 0 Å². The van der Waals surface area contributed by atoms with E-state index >= 15 is 0 Å². The second-order valence-electron chi connectivity index (χ2n) is 7.14. The standard InChI is InChI=1S/C20H23ClF2N6O2/c1-12-17-18(27-19(26-12)28(2)3)29(11-25-17)8-4-5-9-31-20(30)24-10-13-6-7-14(22)15(21)16(13)23/h6-7,11H,4-5,8-10H2,1-3H3,(H,24,30). The molecule has 0 spiro atoms. The van der Waals surface area contributed by atoms with E-state index in [0.717, 1.165) is 29.3 Å². The van der Waals surface area contributed by atoms with E-state index in [0.29, 0.717) is 18.9 Å². The Bertz CT molecular complexity index is 1090. The van der Waals surface area contributed by atoms with Crippen LogP contribution in [0.3, 0.4) is 0 Å². The number of amides is 1. The van der Waals surface area contributed by atoms with Gasteiger partial charge in [0, 0.05) is 32.7 Å². The fourth-order valence-corrected chi connectivity index (χ4v) is 3.09. The van der Waals surface area contributed by atoms with Crippen LogP contribution in [0.15, 0.2) is 18.5 Å².